The summed E-state index contributed by atoms with van der Waals surface area (Å²) in [6.07, 6.45) is 2.54. The molecule has 6 heteroatoms. The minimum absolute atomic E-state index is 0.266. The second-order valence-electron chi connectivity index (χ2n) is 5.40. The molecule has 3 heterocycles. The SMILES string of the molecule is Fc1ccc([C@@]2(c3noc(-c4ccc[nH]4)n3)CCOC2)cc1. The van der Waals surface area contributed by atoms with Crippen molar-refractivity contribution in [2.45, 2.75) is 11.8 Å². The zero-order chi connectivity index (χ0) is 15.0. The number of nitrogens with one attached hydrogen (secondary N) is 1. The Morgan fingerprint density at radius 2 is 2.05 bits per heavy atom. The van der Waals surface area contributed by atoms with E-state index in [9.17, 15) is 4.39 Å². The Morgan fingerprint density at radius 3 is 2.73 bits per heavy atom. The fraction of sp³-hybridized carbons (Fsp3) is 0.250. The molecule has 0 bridgehead atoms. The van der Waals surface area contributed by atoms with Gasteiger partial charge in [0.05, 0.1) is 12.0 Å². The molecule has 4 rings (SSSR count). The number of ether oxygens (including phenoxy) is 1. The first kappa shape index (κ1) is 13.2. The van der Waals surface area contributed by atoms with Crippen LogP contribution in [0.1, 0.15) is 17.8 Å². The zero-order valence-electron chi connectivity index (χ0n) is 11.8. The van der Waals surface area contributed by atoms with Crippen molar-refractivity contribution < 1.29 is 13.7 Å². The van der Waals surface area contributed by atoms with Gasteiger partial charge in [-0.15, -0.1) is 0 Å². The first-order chi connectivity index (χ1) is 10.8. The quantitative estimate of drug-likeness (QED) is 0.807. The van der Waals surface area contributed by atoms with Crippen LogP contribution in [0.25, 0.3) is 11.6 Å². The van der Waals surface area contributed by atoms with Crippen molar-refractivity contribution in [2.75, 3.05) is 13.2 Å². The number of rotatable bonds is 3. The van der Waals surface area contributed by atoms with Gasteiger partial charge >= 0.3 is 0 Å². The normalized spacial score (nSPS) is 21.3. The third-order valence-electron chi connectivity index (χ3n) is 4.10. The van der Waals surface area contributed by atoms with Crippen LogP contribution in [-0.2, 0) is 10.2 Å². The van der Waals surface area contributed by atoms with Gasteiger partial charge in [-0.2, -0.15) is 4.98 Å². The zero-order valence-corrected chi connectivity index (χ0v) is 11.8. The molecule has 22 heavy (non-hydrogen) atoms. The molecule has 1 N–H and O–H groups in total. The predicted octanol–water partition coefficient (Wildman–Crippen LogP) is 2.91. The molecule has 1 aromatic carbocycles. The van der Waals surface area contributed by atoms with Crippen LogP contribution in [0.3, 0.4) is 0 Å². The minimum Gasteiger partial charge on any atom is -0.380 e. The third kappa shape index (κ3) is 2.03. The van der Waals surface area contributed by atoms with Crippen LogP contribution in [0.2, 0.25) is 0 Å². The molecule has 0 aliphatic carbocycles. The summed E-state index contributed by atoms with van der Waals surface area (Å²) in [5, 5.41) is 4.15. The number of benzene rings is 1. The van der Waals surface area contributed by atoms with E-state index in [-0.39, 0.29) is 5.82 Å². The molecule has 1 fully saturated rings. The summed E-state index contributed by atoms with van der Waals surface area (Å²) in [4.78, 5) is 7.56. The van der Waals surface area contributed by atoms with Crippen molar-refractivity contribution in [1.29, 1.82) is 0 Å². The van der Waals surface area contributed by atoms with E-state index in [0.717, 1.165) is 17.7 Å². The lowest BCUT2D eigenvalue weighted by Gasteiger charge is -2.23. The van der Waals surface area contributed by atoms with Crippen LogP contribution in [0.4, 0.5) is 4.39 Å². The maximum absolute atomic E-state index is 13.2. The number of hydrogen-bond donors (Lipinski definition) is 1. The average molecular weight is 299 g/mol. The highest BCUT2D eigenvalue weighted by Gasteiger charge is 2.43. The van der Waals surface area contributed by atoms with E-state index in [1.807, 2.05) is 12.1 Å². The molecule has 2 aromatic heterocycles. The van der Waals surface area contributed by atoms with Crippen LogP contribution in [0, 0.1) is 5.82 Å². The van der Waals surface area contributed by atoms with Crippen LogP contribution in [0.15, 0.2) is 47.1 Å². The molecule has 1 aliphatic heterocycles. The lowest BCUT2D eigenvalue weighted by Crippen LogP contribution is -2.29. The van der Waals surface area contributed by atoms with Crippen molar-refractivity contribution in [2.24, 2.45) is 0 Å². The second-order valence-corrected chi connectivity index (χ2v) is 5.40. The van der Waals surface area contributed by atoms with Gasteiger partial charge < -0.3 is 14.2 Å². The summed E-state index contributed by atoms with van der Waals surface area (Å²) >= 11 is 0. The Hall–Kier alpha value is -2.47. The van der Waals surface area contributed by atoms with E-state index in [2.05, 4.69) is 15.1 Å². The van der Waals surface area contributed by atoms with E-state index in [0.29, 0.717) is 24.9 Å². The average Bonchev–Trinajstić information content (AvgIpc) is 3.28. The highest BCUT2D eigenvalue weighted by atomic mass is 19.1. The molecule has 0 unspecified atom stereocenters. The Labute approximate surface area is 126 Å². The van der Waals surface area contributed by atoms with Crippen molar-refractivity contribution in [3.05, 3.63) is 59.8 Å². The second kappa shape index (κ2) is 5.06. The third-order valence-corrected chi connectivity index (χ3v) is 4.10. The summed E-state index contributed by atoms with van der Waals surface area (Å²) in [6, 6.07) is 10.1. The van der Waals surface area contributed by atoms with Crippen LogP contribution < -0.4 is 0 Å². The van der Waals surface area contributed by atoms with Crippen molar-refractivity contribution in [1.82, 2.24) is 15.1 Å². The Kier molecular flexibility index (Phi) is 3.04. The number of nitrogens with zero attached hydrogens (tertiary/aromatic N) is 2. The van der Waals surface area contributed by atoms with Gasteiger partial charge in [-0.3, -0.25) is 0 Å². The maximum atomic E-state index is 13.2. The van der Waals surface area contributed by atoms with Gasteiger partial charge in [0.15, 0.2) is 5.82 Å². The standard InChI is InChI=1S/C16H14FN3O2/c17-12-5-3-11(4-6-12)16(7-9-21-10-16)15-19-14(22-20-15)13-2-1-8-18-13/h1-6,8,18H,7,9-10H2/t16-/m1/s1. The fourth-order valence-corrected chi connectivity index (χ4v) is 2.86. The van der Waals surface area contributed by atoms with Gasteiger partial charge in [0, 0.05) is 12.8 Å². The summed E-state index contributed by atoms with van der Waals surface area (Å²) in [7, 11) is 0. The smallest absolute Gasteiger partial charge is 0.274 e. The molecule has 1 saturated heterocycles. The number of hydrogen-bond acceptors (Lipinski definition) is 4. The molecule has 112 valence electrons. The molecular weight excluding hydrogens is 285 g/mol. The minimum atomic E-state index is -0.484. The van der Waals surface area contributed by atoms with Gasteiger partial charge in [0.25, 0.3) is 5.89 Å². The van der Waals surface area contributed by atoms with Crippen molar-refractivity contribution >= 4 is 0 Å². The van der Waals surface area contributed by atoms with E-state index in [4.69, 9.17) is 9.26 Å². The summed E-state index contributed by atoms with van der Waals surface area (Å²) in [5.74, 6) is 0.743. The van der Waals surface area contributed by atoms with Gasteiger partial charge in [-0.25, -0.2) is 4.39 Å². The number of aromatic nitrogens is 3. The predicted molar refractivity (Wildman–Crippen MR) is 76.7 cm³/mol. The van der Waals surface area contributed by atoms with E-state index in [1.54, 1.807) is 18.3 Å². The first-order valence-electron chi connectivity index (χ1n) is 7.10. The van der Waals surface area contributed by atoms with Crippen LogP contribution >= 0.6 is 0 Å². The van der Waals surface area contributed by atoms with Gasteiger partial charge in [-0.05, 0) is 36.2 Å². The van der Waals surface area contributed by atoms with Crippen LogP contribution in [0.5, 0.6) is 0 Å². The van der Waals surface area contributed by atoms with E-state index < -0.39 is 5.41 Å². The highest BCUT2D eigenvalue weighted by molar-refractivity contribution is 5.47. The molecule has 3 aromatic rings. The van der Waals surface area contributed by atoms with Crippen molar-refractivity contribution in [3.8, 4) is 11.6 Å². The monoisotopic (exact) mass is 299 g/mol. The van der Waals surface area contributed by atoms with E-state index in [1.165, 1.54) is 12.1 Å². The first-order valence-corrected chi connectivity index (χ1v) is 7.10. The van der Waals surface area contributed by atoms with E-state index >= 15 is 0 Å². The Balaban J connectivity index is 1.78. The molecule has 0 radical (unpaired) electrons. The molecule has 0 spiro atoms. The summed E-state index contributed by atoms with van der Waals surface area (Å²) < 4.78 is 24.2. The summed E-state index contributed by atoms with van der Waals surface area (Å²) in [6.45, 7) is 1.08. The number of H-pyrrole nitrogens is 1. The van der Waals surface area contributed by atoms with Crippen molar-refractivity contribution in [3.63, 3.8) is 0 Å². The molecule has 5 nitrogen and oxygen atoms in total. The number of aromatic amines is 1. The van der Waals surface area contributed by atoms with Gasteiger partial charge in [0.1, 0.15) is 11.5 Å². The Morgan fingerprint density at radius 1 is 1.18 bits per heavy atom. The molecular formula is C16H14FN3O2. The highest BCUT2D eigenvalue weighted by Crippen LogP contribution is 2.38. The largest absolute Gasteiger partial charge is 0.380 e. The molecule has 1 atom stereocenters. The maximum Gasteiger partial charge on any atom is 0.274 e. The lowest BCUT2D eigenvalue weighted by atomic mass is 9.79. The Bertz CT molecular complexity index is 759. The number of halogens is 1. The molecule has 0 saturated carbocycles. The topological polar surface area (TPSA) is 63.9 Å². The summed E-state index contributed by atoms with van der Waals surface area (Å²) in [5.41, 5.74) is 1.22. The van der Waals surface area contributed by atoms with Crippen LogP contribution in [-0.4, -0.2) is 28.3 Å². The molecule has 1 aliphatic rings. The van der Waals surface area contributed by atoms with Gasteiger partial charge in [0.2, 0.25) is 0 Å². The molecule has 0 amide bonds. The lowest BCUT2D eigenvalue weighted by molar-refractivity contribution is 0.182. The fourth-order valence-electron chi connectivity index (χ4n) is 2.86. The van der Waals surface area contributed by atoms with Gasteiger partial charge in [-0.1, -0.05) is 17.3 Å².